The zero-order valence-electron chi connectivity index (χ0n) is 20.3. The number of hydrogen-bond acceptors (Lipinski definition) is 4. The molecule has 0 bridgehead atoms. The molecule has 2 aliphatic rings. The van der Waals surface area contributed by atoms with E-state index in [-0.39, 0.29) is 17.9 Å². The summed E-state index contributed by atoms with van der Waals surface area (Å²) < 4.78 is 11.4. The predicted molar refractivity (Wildman–Crippen MR) is 143 cm³/mol. The number of hydrogen-bond donors (Lipinski definition) is 1. The molecule has 0 unspecified atom stereocenters. The highest BCUT2D eigenvalue weighted by atomic mass is 16.5. The number of esters is 1. The maximum atomic E-state index is 12.3. The average molecular weight is 476 g/mol. The molecule has 6 rings (SSSR count). The van der Waals surface area contributed by atoms with Crippen molar-refractivity contribution in [1.82, 2.24) is 0 Å². The molecule has 180 valence electrons. The number of carbonyl (C=O) groups excluding carboxylic acids is 1. The van der Waals surface area contributed by atoms with E-state index >= 15 is 0 Å². The summed E-state index contributed by atoms with van der Waals surface area (Å²) in [7, 11) is 0. The number of carbonyl (C=O) groups is 1. The van der Waals surface area contributed by atoms with Crippen LogP contribution in [0.1, 0.15) is 52.4 Å². The van der Waals surface area contributed by atoms with Gasteiger partial charge in [0.1, 0.15) is 12.4 Å². The standard InChI is InChI=1S/C32H29NO3/c1-2-35-32(34)23-15-18-30-29(19-23)27-11-6-12-28(27)31(33-30)22-13-16-25(17-14-22)36-20-24-9-5-8-21-7-3-4-10-26(21)24/h3-11,13-19,27-28,31,33H,2,12,20H2,1H3/t27-,28+,31+/m1/s1. The van der Waals surface area contributed by atoms with Gasteiger partial charge in [-0.15, -0.1) is 0 Å². The molecular weight excluding hydrogens is 446 g/mol. The molecule has 4 aromatic rings. The second-order valence-corrected chi connectivity index (χ2v) is 9.49. The first kappa shape index (κ1) is 22.4. The van der Waals surface area contributed by atoms with E-state index < -0.39 is 0 Å². The second kappa shape index (κ2) is 9.54. The quantitative estimate of drug-likeness (QED) is 0.233. The monoisotopic (exact) mass is 475 g/mol. The second-order valence-electron chi connectivity index (χ2n) is 9.49. The molecule has 0 fully saturated rings. The van der Waals surface area contributed by atoms with E-state index in [4.69, 9.17) is 9.47 Å². The molecular formula is C32H29NO3. The average Bonchev–Trinajstić information content (AvgIpc) is 3.42. The van der Waals surface area contributed by atoms with Crippen LogP contribution in [-0.4, -0.2) is 12.6 Å². The summed E-state index contributed by atoms with van der Waals surface area (Å²) in [5.41, 5.74) is 5.29. The number of ether oxygens (including phenoxy) is 2. The van der Waals surface area contributed by atoms with Crippen molar-refractivity contribution in [3.8, 4) is 5.75 Å². The van der Waals surface area contributed by atoms with Crippen molar-refractivity contribution >= 4 is 22.4 Å². The lowest BCUT2D eigenvalue weighted by Crippen LogP contribution is -2.29. The van der Waals surface area contributed by atoms with Gasteiger partial charge in [0, 0.05) is 11.6 Å². The first-order valence-electron chi connectivity index (χ1n) is 12.6. The number of benzene rings is 4. The van der Waals surface area contributed by atoms with Crippen LogP contribution in [0.3, 0.4) is 0 Å². The van der Waals surface area contributed by atoms with Crippen LogP contribution < -0.4 is 10.1 Å². The van der Waals surface area contributed by atoms with E-state index in [1.807, 2.05) is 25.1 Å². The maximum absolute atomic E-state index is 12.3. The first-order valence-corrected chi connectivity index (χ1v) is 12.6. The lowest BCUT2D eigenvalue weighted by atomic mass is 9.76. The van der Waals surface area contributed by atoms with Crippen molar-refractivity contribution in [3.63, 3.8) is 0 Å². The maximum Gasteiger partial charge on any atom is 0.338 e. The van der Waals surface area contributed by atoms with E-state index in [0.29, 0.717) is 24.7 Å². The van der Waals surface area contributed by atoms with E-state index in [9.17, 15) is 4.79 Å². The van der Waals surface area contributed by atoms with Gasteiger partial charge in [0.05, 0.1) is 18.2 Å². The fourth-order valence-corrected chi connectivity index (χ4v) is 5.62. The lowest BCUT2D eigenvalue weighted by Gasteiger charge is -2.37. The first-order chi connectivity index (χ1) is 17.7. The Balaban J connectivity index is 1.20. The minimum absolute atomic E-state index is 0.193. The Morgan fingerprint density at radius 1 is 0.972 bits per heavy atom. The zero-order valence-corrected chi connectivity index (χ0v) is 20.3. The number of rotatable bonds is 6. The molecule has 1 heterocycles. The van der Waals surface area contributed by atoms with E-state index in [1.165, 1.54) is 27.5 Å². The zero-order chi connectivity index (χ0) is 24.5. The summed E-state index contributed by atoms with van der Waals surface area (Å²) in [4.78, 5) is 12.3. The predicted octanol–water partition coefficient (Wildman–Crippen LogP) is 7.42. The van der Waals surface area contributed by atoms with Gasteiger partial charge in [-0.25, -0.2) is 4.79 Å². The van der Waals surface area contributed by atoms with Gasteiger partial charge >= 0.3 is 5.97 Å². The molecule has 1 aliphatic heterocycles. The molecule has 1 N–H and O–H groups in total. The van der Waals surface area contributed by atoms with E-state index in [2.05, 4.69) is 84.2 Å². The Morgan fingerprint density at radius 2 is 1.81 bits per heavy atom. The van der Waals surface area contributed by atoms with Gasteiger partial charge in [-0.1, -0.05) is 66.7 Å². The van der Waals surface area contributed by atoms with Crippen molar-refractivity contribution < 1.29 is 14.3 Å². The Hall–Kier alpha value is -4.05. The summed E-state index contributed by atoms with van der Waals surface area (Å²) in [5, 5.41) is 6.21. The van der Waals surface area contributed by atoms with E-state index in [1.54, 1.807) is 0 Å². The molecule has 3 atom stereocenters. The summed E-state index contributed by atoms with van der Waals surface area (Å²) >= 11 is 0. The van der Waals surface area contributed by atoms with Crippen LogP contribution in [0.2, 0.25) is 0 Å². The van der Waals surface area contributed by atoms with Crippen molar-refractivity contribution in [2.75, 3.05) is 11.9 Å². The van der Waals surface area contributed by atoms with Gasteiger partial charge in [-0.3, -0.25) is 0 Å². The number of nitrogens with one attached hydrogen (secondary N) is 1. The third-order valence-corrected chi connectivity index (χ3v) is 7.39. The normalized spacial score (nSPS) is 19.9. The van der Waals surface area contributed by atoms with Crippen LogP contribution in [-0.2, 0) is 11.3 Å². The van der Waals surface area contributed by atoms with Gasteiger partial charge < -0.3 is 14.8 Å². The third-order valence-electron chi connectivity index (χ3n) is 7.39. The molecule has 1 aliphatic carbocycles. The minimum atomic E-state index is -0.264. The lowest BCUT2D eigenvalue weighted by molar-refractivity contribution is 0.0526. The van der Waals surface area contributed by atoms with Crippen molar-refractivity contribution in [2.24, 2.45) is 5.92 Å². The topological polar surface area (TPSA) is 47.6 Å². The Labute approximate surface area is 211 Å². The molecule has 0 saturated heterocycles. The third kappa shape index (κ3) is 4.13. The number of anilines is 1. The van der Waals surface area contributed by atoms with Crippen LogP contribution >= 0.6 is 0 Å². The molecule has 0 saturated carbocycles. The number of allylic oxidation sites excluding steroid dienone is 2. The highest BCUT2D eigenvalue weighted by Gasteiger charge is 2.38. The highest BCUT2D eigenvalue weighted by Crippen LogP contribution is 2.50. The smallest absolute Gasteiger partial charge is 0.338 e. The Morgan fingerprint density at radius 3 is 2.67 bits per heavy atom. The van der Waals surface area contributed by atoms with Gasteiger partial charge in [0.2, 0.25) is 0 Å². The van der Waals surface area contributed by atoms with Crippen LogP contribution in [0.4, 0.5) is 5.69 Å². The molecule has 36 heavy (non-hydrogen) atoms. The van der Waals surface area contributed by atoms with Gasteiger partial charge in [-0.2, -0.15) is 0 Å². The minimum Gasteiger partial charge on any atom is -0.489 e. The molecule has 0 amide bonds. The Kier molecular flexibility index (Phi) is 5.94. The van der Waals surface area contributed by atoms with Crippen molar-refractivity contribution in [2.45, 2.75) is 31.9 Å². The van der Waals surface area contributed by atoms with E-state index in [0.717, 1.165) is 17.9 Å². The van der Waals surface area contributed by atoms with Crippen molar-refractivity contribution in [1.29, 1.82) is 0 Å². The Bertz CT molecular complexity index is 1430. The summed E-state index contributed by atoms with van der Waals surface area (Å²) in [5.74, 6) is 1.28. The van der Waals surface area contributed by atoms with Crippen LogP contribution in [0.5, 0.6) is 5.75 Å². The van der Waals surface area contributed by atoms with Crippen molar-refractivity contribution in [3.05, 3.63) is 119 Å². The number of fused-ring (bicyclic) bond motifs is 4. The van der Waals surface area contributed by atoms with Crippen LogP contribution in [0, 0.1) is 5.92 Å². The van der Waals surface area contributed by atoms with Gasteiger partial charge in [-0.05, 0) is 77.1 Å². The molecule has 4 aromatic carbocycles. The molecule has 4 nitrogen and oxygen atoms in total. The van der Waals surface area contributed by atoms with Crippen LogP contribution in [0.25, 0.3) is 10.8 Å². The SMILES string of the molecule is CCOC(=O)c1ccc2c(c1)[C@@H]1C=CC[C@@H]1[C@H](c1ccc(OCc3cccc4ccccc34)cc1)N2. The molecule has 0 aromatic heterocycles. The fourth-order valence-electron chi connectivity index (χ4n) is 5.62. The summed E-state index contributed by atoms with van der Waals surface area (Å²) in [6.07, 6.45) is 5.55. The fraction of sp³-hybridized carbons (Fsp3) is 0.219. The van der Waals surface area contributed by atoms with Crippen LogP contribution in [0.15, 0.2) is 97.1 Å². The molecule has 0 radical (unpaired) electrons. The molecule has 0 spiro atoms. The van der Waals surface area contributed by atoms with Gasteiger partial charge in [0.15, 0.2) is 0 Å². The largest absolute Gasteiger partial charge is 0.489 e. The summed E-state index contributed by atoms with van der Waals surface area (Å²) in [6.45, 7) is 2.75. The molecule has 4 heteroatoms. The highest BCUT2D eigenvalue weighted by molar-refractivity contribution is 5.90. The summed E-state index contributed by atoms with van der Waals surface area (Å²) in [6, 6.07) is 29.3. The van der Waals surface area contributed by atoms with Gasteiger partial charge in [0.25, 0.3) is 0 Å².